The number of halogens is 2. The molecule has 1 N–H and O–H groups in total. The molecule has 2 nitrogen and oxygen atoms in total. The number of thiophene rings is 1. The minimum absolute atomic E-state index is 0.174. The lowest BCUT2D eigenvalue weighted by Crippen LogP contribution is -2.26. The lowest BCUT2D eigenvalue weighted by atomic mass is 10.00. The average molecular weight is 393 g/mol. The zero-order valence-electron chi connectivity index (χ0n) is 15.1. The van der Waals surface area contributed by atoms with Gasteiger partial charge in [-0.05, 0) is 53.1 Å². The molecule has 0 fully saturated rings. The molecule has 4 aromatic rings. The van der Waals surface area contributed by atoms with Crippen LogP contribution >= 0.6 is 11.3 Å². The summed E-state index contributed by atoms with van der Waals surface area (Å²) in [5.41, 5.74) is 1.59. The Hall–Kier alpha value is -3.05. The van der Waals surface area contributed by atoms with Crippen LogP contribution in [0.4, 0.5) is 8.78 Å². The predicted octanol–water partition coefficient (Wildman–Crippen LogP) is 6.34. The molecule has 5 heteroatoms. The fourth-order valence-electron chi connectivity index (χ4n) is 3.24. The summed E-state index contributed by atoms with van der Waals surface area (Å²) in [6.07, 6.45) is 0. The van der Waals surface area contributed by atoms with E-state index >= 15 is 0 Å². The monoisotopic (exact) mass is 393 g/mol. The van der Waals surface area contributed by atoms with Crippen LogP contribution in [0.25, 0.3) is 21.2 Å². The number of carbonyl (C=O) groups excluding carboxylic acids is 1. The van der Waals surface area contributed by atoms with Crippen molar-refractivity contribution in [2.24, 2.45) is 0 Å². The van der Waals surface area contributed by atoms with Gasteiger partial charge in [-0.2, -0.15) is 0 Å². The van der Waals surface area contributed by atoms with Gasteiger partial charge in [0.15, 0.2) is 11.6 Å². The summed E-state index contributed by atoms with van der Waals surface area (Å²) in [6, 6.07) is 21.1. The second kappa shape index (κ2) is 7.52. The molecule has 0 saturated heterocycles. The van der Waals surface area contributed by atoms with Gasteiger partial charge in [0.1, 0.15) is 0 Å². The van der Waals surface area contributed by atoms with Gasteiger partial charge in [0.05, 0.1) is 10.9 Å². The van der Waals surface area contributed by atoms with E-state index in [2.05, 4.69) is 5.32 Å². The number of fused-ring (bicyclic) bond motifs is 1. The molecule has 0 bridgehead atoms. The van der Waals surface area contributed by atoms with E-state index in [0.29, 0.717) is 15.3 Å². The lowest BCUT2D eigenvalue weighted by molar-refractivity contribution is 0.0944. The average Bonchev–Trinajstić information content (AvgIpc) is 3.20. The van der Waals surface area contributed by atoms with Crippen LogP contribution in [0.15, 0.2) is 72.8 Å². The number of nitrogens with one attached hydrogen (secondary N) is 1. The maximum Gasteiger partial charge on any atom is 0.261 e. The van der Waals surface area contributed by atoms with Gasteiger partial charge in [0.25, 0.3) is 5.91 Å². The number of carbonyl (C=O) groups is 1. The lowest BCUT2D eigenvalue weighted by Gasteiger charge is -2.16. The topological polar surface area (TPSA) is 29.1 Å². The molecule has 1 heterocycles. The Kier molecular flexibility index (Phi) is 4.92. The second-order valence-corrected chi connectivity index (χ2v) is 7.64. The summed E-state index contributed by atoms with van der Waals surface area (Å²) in [7, 11) is 0. The van der Waals surface area contributed by atoms with E-state index in [1.165, 1.54) is 17.4 Å². The van der Waals surface area contributed by atoms with Gasteiger partial charge in [-0.15, -0.1) is 11.3 Å². The molecular weight excluding hydrogens is 376 g/mol. The van der Waals surface area contributed by atoms with Crippen molar-refractivity contribution in [3.8, 4) is 10.4 Å². The Bertz CT molecular complexity index is 1160. The van der Waals surface area contributed by atoms with Crippen molar-refractivity contribution in [2.45, 2.75) is 13.0 Å². The molecule has 28 heavy (non-hydrogen) atoms. The van der Waals surface area contributed by atoms with Crippen molar-refractivity contribution in [2.75, 3.05) is 0 Å². The summed E-state index contributed by atoms with van der Waals surface area (Å²) >= 11 is 1.25. The first-order valence-electron chi connectivity index (χ1n) is 8.87. The van der Waals surface area contributed by atoms with Crippen molar-refractivity contribution in [3.63, 3.8) is 0 Å². The number of hydrogen-bond acceptors (Lipinski definition) is 2. The van der Waals surface area contributed by atoms with Crippen LogP contribution in [0.1, 0.15) is 28.2 Å². The summed E-state index contributed by atoms with van der Waals surface area (Å²) in [4.78, 5) is 13.9. The van der Waals surface area contributed by atoms with E-state index in [-0.39, 0.29) is 11.9 Å². The van der Waals surface area contributed by atoms with Crippen LogP contribution in [0.5, 0.6) is 0 Å². The van der Waals surface area contributed by atoms with Gasteiger partial charge in [0, 0.05) is 4.88 Å². The first kappa shape index (κ1) is 18.3. The van der Waals surface area contributed by atoms with Crippen molar-refractivity contribution in [3.05, 3.63) is 94.9 Å². The van der Waals surface area contributed by atoms with Gasteiger partial charge < -0.3 is 5.32 Å². The van der Waals surface area contributed by atoms with E-state index in [4.69, 9.17) is 0 Å². The third kappa shape index (κ3) is 3.53. The van der Waals surface area contributed by atoms with E-state index in [1.807, 2.05) is 49.4 Å². The minimum atomic E-state index is -0.901. The van der Waals surface area contributed by atoms with Gasteiger partial charge in [-0.1, -0.05) is 48.5 Å². The SMILES string of the molecule is CC(NC(=O)c1ccc(-c2ccc(F)c(F)c2)s1)c1cccc2ccccc12. The number of amides is 1. The predicted molar refractivity (Wildman–Crippen MR) is 110 cm³/mol. The quantitative estimate of drug-likeness (QED) is 0.431. The summed E-state index contributed by atoms with van der Waals surface area (Å²) in [5, 5.41) is 5.25. The van der Waals surface area contributed by atoms with Crippen molar-refractivity contribution >= 4 is 28.0 Å². The molecule has 0 spiro atoms. The van der Waals surface area contributed by atoms with E-state index < -0.39 is 11.6 Å². The first-order valence-corrected chi connectivity index (χ1v) is 9.68. The largest absolute Gasteiger partial charge is 0.345 e. The van der Waals surface area contributed by atoms with Crippen molar-refractivity contribution < 1.29 is 13.6 Å². The third-order valence-electron chi connectivity index (χ3n) is 4.67. The van der Waals surface area contributed by atoms with Gasteiger partial charge >= 0.3 is 0 Å². The van der Waals surface area contributed by atoms with Crippen molar-refractivity contribution in [1.29, 1.82) is 0 Å². The molecule has 4 rings (SSSR count). The van der Waals surface area contributed by atoms with E-state index in [9.17, 15) is 13.6 Å². The third-order valence-corrected chi connectivity index (χ3v) is 5.80. The number of rotatable bonds is 4. The maximum atomic E-state index is 13.5. The second-order valence-electron chi connectivity index (χ2n) is 6.56. The molecule has 3 aromatic carbocycles. The van der Waals surface area contributed by atoms with Crippen LogP contribution in [-0.4, -0.2) is 5.91 Å². The highest BCUT2D eigenvalue weighted by Crippen LogP contribution is 2.30. The van der Waals surface area contributed by atoms with Gasteiger partial charge in [0.2, 0.25) is 0 Å². The van der Waals surface area contributed by atoms with E-state index in [1.54, 1.807) is 12.1 Å². The molecule has 0 aliphatic rings. The maximum absolute atomic E-state index is 13.5. The summed E-state index contributed by atoms with van der Waals surface area (Å²) in [6.45, 7) is 1.95. The molecule has 0 aliphatic carbocycles. The first-order chi connectivity index (χ1) is 13.5. The Morgan fingerprint density at radius 1 is 0.929 bits per heavy atom. The van der Waals surface area contributed by atoms with Crippen LogP contribution in [0.3, 0.4) is 0 Å². The Morgan fingerprint density at radius 2 is 1.71 bits per heavy atom. The van der Waals surface area contributed by atoms with Crippen LogP contribution < -0.4 is 5.32 Å². The Labute approximate surface area is 165 Å². The molecule has 1 unspecified atom stereocenters. The van der Waals surface area contributed by atoms with Crippen molar-refractivity contribution in [1.82, 2.24) is 5.32 Å². The fraction of sp³-hybridized carbons (Fsp3) is 0.0870. The smallest absolute Gasteiger partial charge is 0.261 e. The molecular formula is C23H17F2NOS. The highest BCUT2D eigenvalue weighted by molar-refractivity contribution is 7.17. The molecule has 0 aliphatic heterocycles. The van der Waals surface area contributed by atoms with Crippen LogP contribution in [0, 0.1) is 11.6 Å². The molecule has 1 amide bonds. The Morgan fingerprint density at radius 3 is 2.54 bits per heavy atom. The Balaban J connectivity index is 1.55. The molecule has 140 valence electrons. The van der Waals surface area contributed by atoms with Gasteiger partial charge in [-0.25, -0.2) is 8.78 Å². The summed E-state index contributed by atoms with van der Waals surface area (Å²) < 4.78 is 26.6. The van der Waals surface area contributed by atoms with Gasteiger partial charge in [-0.3, -0.25) is 4.79 Å². The van der Waals surface area contributed by atoms with Crippen LogP contribution in [-0.2, 0) is 0 Å². The van der Waals surface area contributed by atoms with Crippen LogP contribution in [0.2, 0.25) is 0 Å². The minimum Gasteiger partial charge on any atom is -0.345 e. The zero-order valence-corrected chi connectivity index (χ0v) is 15.9. The highest BCUT2D eigenvalue weighted by Gasteiger charge is 2.16. The fourth-order valence-corrected chi connectivity index (χ4v) is 4.14. The van der Waals surface area contributed by atoms with E-state index in [0.717, 1.165) is 28.5 Å². The molecule has 0 saturated carbocycles. The molecule has 0 radical (unpaired) electrons. The number of benzene rings is 3. The molecule has 1 aromatic heterocycles. The zero-order chi connectivity index (χ0) is 19.7. The summed E-state index contributed by atoms with van der Waals surface area (Å²) in [5.74, 6) is -1.98. The molecule has 1 atom stereocenters. The highest BCUT2D eigenvalue weighted by atomic mass is 32.1. The normalized spacial score (nSPS) is 12.1. The standard InChI is InChI=1S/C23H17F2NOS/c1-14(17-8-4-6-15-5-2-3-7-18(15)17)26-23(27)22-12-11-21(28-22)16-9-10-19(24)20(25)13-16/h2-14H,1H3,(H,26,27). The number of hydrogen-bond donors (Lipinski definition) is 1.